The fourth-order valence-corrected chi connectivity index (χ4v) is 3.43. The van der Waals surface area contributed by atoms with Gasteiger partial charge in [0.25, 0.3) is 0 Å². The second-order valence-corrected chi connectivity index (χ2v) is 6.48. The molecule has 2 rings (SSSR count). The highest BCUT2D eigenvalue weighted by molar-refractivity contribution is 8.01. The lowest BCUT2D eigenvalue weighted by Crippen LogP contribution is -2.41. The maximum Gasteiger partial charge on any atom is 0.230 e. The molecule has 1 amide bonds. The molecule has 1 heterocycles. The molecule has 2 atom stereocenters. The third-order valence-electron chi connectivity index (χ3n) is 3.12. The second kappa shape index (κ2) is 6.35. The van der Waals surface area contributed by atoms with Crippen molar-refractivity contribution in [1.29, 1.82) is 0 Å². The summed E-state index contributed by atoms with van der Waals surface area (Å²) < 4.78 is 0.858. The highest BCUT2D eigenvalue weighted by atomic mass is 32.2. The molecule has 1 aliphatic rings. The van der Waals surface area contributed by atoms with Crippen molar-refractivity contribution in [3.8, 4) is 0 Å². The predicted octanol–water partition coefficient (Wildman–Crippen LogP) is 2.33. The quantitative estimate of drug-likeness (QED) is 0.854. The van der Waals surface area contributed by atoms with Crippen LogP contribution in [0.25, 0.3) is 0 Å². The molecule has 0 aliphatic heterocycles. The van der Waals surface area contributed by atoms with E-state index in [1.807, 2.05) is 0 Å². The van der Waals surface area contributed by atoms with Crippen LogP contribution in [0.15, 0.2) is 9.85 Å². The average molecular weight is 271 g/mol. The third-order valence-corrected chi connectivity index (χ3v) is 4.98. The Kier molecular flexibility index (Phi) is 4.79. The van der Waals surface area contributed by atoms with Gasteiger partial charge in [-0.15, -0.1) is 10.2 Å². The zero-order valence-electron chi connectivity index (χ0n) is 9.89. The first-order valence-corrected chi connectivity index (χ1v) is 7.80. The van der Waals surface area contributed by atoms with Crippen molar-refractivity contribution in [2.24, 2.45) is 5.92 Å². The predicted molar refractivity (Wildman–Crippen MR) is 70.2 cm³/mol. The van der Waals surface area contributed by atoms with E-state index in [1.54, 1.807) is 5.51 Å². The molecule has 1 aliphatic carbocycles. The molecule has 1 saturated carbocycles. The van der Waals surface area contributed by atoms with Gasteiger partial charge in [0.05, 0.1) is 5.75 Å². The van der Waals surface area contributed by atoms with Gasteiger partial charge in [0.2, 0.25) is 5.91 Å². The van der Waals surface area contributed by atoms with Crippen LogP contribution in [-0.4, -0.2) is 27.9 Å². The summed E-state index contributed by atoms with van der Waals surface area (Å²) in [5.41, 5.74) is 1.68. The first kappa shape index (κ1) is 12.8. The van der Waals surface area contributed by atoms with E-state index < -0.39 is 0 Å². The molecule has 17 heavy (non-hydrogen) atoms. The fourth-order valence-electron chi connectivity index (χ4n) is 2.13. The summed E-state index contributed by atoms with van der Waals surface area (Å²) in [5.74, 6) is 1.17. The Hall–Kier alpha value is -0.620. The van der Waals surface area contributed by atoms with E-state index in [2.05, 4.69) is 22.4 Å². The topological polar surface area (TPSA) is 54.9 Å². The van der Waals surface area contributed by atoms with Crippen molar-refractivity contribution >= 4 is 29.0 Å². The molecule has 0 aromatic carbocycles. The van der Waals surface area contributed by atoms with E-state index in [0.29, 0.717) is 17.7 Å². The molecule has 0 unspecified atom stereocenters. The molecular weight excluding hydrogens is 254 g/mol. The molecule has 94 valence electrons. The van der Waals surface area contributed by atoms with Crippen molar-refractivity contribution in [2.75, 3.05) is 5.75 Å². The van der Waals surface area contributed by atoms with Crippen LogP contribution in [-0.2, 0) is 4.79 Å². The SMILES string of the molecule is C[C@@H]1CCCC[C@@H]1NC(=O)CSc1nncs1. The van der Waals surface area contributed by atoms with E-state index in [0.717, 1.165) is 10.8 Å². The zero-order chi connectivity index (χ0) is 12.1. The minimum absolute atomic E-state index is 0.115. The Balaban J connectivity index is 1.73. The van der Waals surface area contributed by atoms with Crippen molar-refractivity contribution in [3.63, 3.8) is 0 Å². The van der Waals surface area contributed by atoms with Gasteiger partial charge in [-0.1, -0.05) is 42.9 Å². The zero-order valence-corrected chi connectivity index (χ0v) is 11.5. The summed E-state index contributed by atoms with van der Waals surface area (Å²) in [5, 5.41) is 10.8. The van der Waals surface area contributed by atoms with Gasteiger partial charge in [0.1, 0.15) is 5.51 Å². The van der Waals surface area contributed by atoms with Gasteiger partial charge < -0.3 is 5.32 Å². The van der Waals surface area contributed by atoms with Crippen LogP contribution in [0.2, 0.25) is 0 Å². The monoisotopic (exact) mass is 271 g/mol. The minimum Gasteiger partial charge on any atom is -0.352 e. The molecule has 1 aromatic rings. The van der Waals surface area contributed by atoms with E-state index in [9.17, 15) is 4.79 Å². The minimum atomic E-state index is 0.115. The highest BCUT2D eigenvalue weighted by Gasteiger charge is 2.22. The maximum absolute atomic E-state index is 11.8. The molecule has 0 saturated heterocycles. The summed E-state index contributed by atoms with van der Waals surface area (Å²) in [6.07, 6.45) is 4.89. The third kappa shape index (κ3) is 3.96. The molecule has 4 nitrogen and oxygen atoms in total. The van der Waals surface area contributed by atoms with Gasteiger partial charge in [0, 0.05) is 6.04 Å². The number of nitrogens with one attached hydrogen (secondary N) is 1. The molecule has 0 radical (unpaired) electrons. The Labute approximate surface area is 110 Å². The van der Waals surface area contributed by atoms with Gasteiger partial charge in [-0.3, -0.25) is 4.79 Å². The largest absolute Gasteiger partial charge is 0.352 e. The average Bonchev–Trinajstić information content (AvgIpc) is 2.82. The maximum atomic E-state index is 11.8. The van der Waals surface area contributed by atoms with Crippen LogP contribution < -0.4 is 5.32 Å². The number of hydrogen-bond acceptors (Lipinski definition) is 5. The van der Waals surface area contributed by atoms with E-state index >= 15 is 0 Å². The van der Waals surface area contributed by atoms with Gasteiger partial charge in [-0.25, -0.2) is 0 Å². The smallest absolute Gasteiger partial charge is 0.230 e. The Morgan fingerprint density at radius 1 is 1.59 bits per heavy atom. The van der Waals surface area contributed by atoms with Gasteiger partial charge in [0.15, 0.2) is 4.34 Å². The van der Waals surface area contributed by atoms with Crippen molar-refractivity contribution in [3.05, 3.63) is 5.51 Å². The number of nitrogens with zero attached hydrogens (tertiary/aromatic N) is 2. The summed E-state index contributed by atoms with van der Waals surface area (Å²) in [4.78, 5) is 11.8. The number of amides is 1. The number of carbonyl (C=O) groups excluding carboxylic acids is 1. The number of thioether (sulfide) groups is 1. The first-order chi connectivity index (χ1) is 8.25. The number of hydrogen-bond donors (Lipinski definition) is 1. The number of carbonyl (C=O) groups is 1. The Morgan fingerprint density at radius 3 is 3.12 bits per heavy atom. The van der Waals surface area contributed by atoms with Crippen LogP contribution in [0.5, 0.6) is 0 Å². The molecule has 6 heteroatoms. The summed E-state index contributed by atoms with van der Waals surface area (Å²) in [7, 11) is 0. The standard InChI is InChI=1S/C11H17N3OS2/c1-8-4-2-3-5-9(8)13-10(15)6-16-11-14-12-7-17-11/h7-9H,2-6H2,1H3,(H,13,15)/t8-,9+/m1/s1. The van der Waals surface area contributed by atoms with Crippen molar-refractivity contribution in [1.82, 2.24) is 15.5 Å². The molecule has 0 spiro atoms. The van der Waals surface area contributed by atoms with Crippen LogP contribution in [0.1, 0.15) is 32.6 Å². The highest BCUT2D eigenvalue weighted by Crippen LogP contribution is 2.24. The van der Waals surface area contributed by atoms with Gasteiger partial charge in [-0.05, 0) is 18.8 Å². The summed E-state index contributed by atoms with van der Waals surface area (Å²) in [6.45, 7) is 2.22. The summed E-state index contributed by atoms with van der Waals surface area (Å²) >= 11 is 2.93. The molecule has 0 bridgehead atoms. The van der Waals surface area contributed by atoms with E-state index in [-0.39, 0.29) is 5.91 Å². The number of rotatable bonds is 4. The molecular formula is C11H17N3OS2. The van der Waals surface area contributed by atoms with Crippen LogP contribution in [0.4, 0.5) is 0 Å². The van der Waals surface area contributed by atoms with Crippen molar-refractivity contribution < 1.29 is 4.79 Å². The second-order valence-electron chi connectivity index (χ2n) is 4.43. The number of aromatic nitrogens is 2. The van der Waals surface area contributed by atoms with E-state index in [4.69, 9.17) is 0 Å². The lowest BCUT2D eigenvalue weighted by molar-refractivity contribution is -0.119. The fraction of sp³-hybridized carbons (Fsp3) is 0.727. The summed E-state index contributed by atoms with van der Waals surface area (Å²) in [6, 6.07) is 0.367. The van der Waals surface area contributed by atoms with E-state index in [1.165, 1.54) is 42.4 Å². The molecule has 1 aromatic heterocycles. The van der Waals surface area contributed by atoms with Gasteiger partial charge >= 0.3 is 0 Å². The van der Waals surface area contributed by atoms with Crippen LogP contribution in [0, 0.1) is 5.92 Å². The van der Waals surface area contributed by atoms with Crippen LogP contribution in [0.3, 0.4) is 0 Å². The van der Waals surface area contributed by atoms with Crippen molar-refractivity contribution in [2.45, 2.75) is 43.0 Å². The lowest BCUT2D eigenvalue weighted by atomic mass is 9.86. The normalized spacial score (nSPS) is 24.5. The van der Waals surface area contributed by atoms with Crippen LogP contribution >= 0.6 is 23.1 Å². The Bertz CT molecular complexity index is 356. The first-order valence-electron chi connectivity index (χ1n) is 5.94. The van der Waals surface area contributed by atoms with Gasteiger partial charge in [-0.2, -0.15) is 0 Å². The lowest BCUT2D eigenvalue weighted by Gasteiger charge is -2.29. The molecule has 1 N–H and O–H groups in total. The Morgan fingerprint density at radius 2 is 2.41 bits per heavy atom. The molecule has 1 fully saturated rings.